The first-order chi connectivity index (χ1) is 8.75. The lowest BCUT2D eigenvalue weighted by Crippen LogP contribution is -2.36. The van der Waals surface area contributed by atoms with E-state index in [0.717, 1.165) is 31.9 Å². The lowest BCUT2D eigenvalue weighted by atomic mass is 10.3. The second-order valence-electron chi connectivity index (χ2n) is 4.17. The molecule has 0 aromatic carbocycles. The molecule has 0 saturated carbocycles. The molecule has 0 aliphatic carbocycles. The van der Waals surface area contributed by atoms with E-state index < -0.39 is 5.91 Å². The normalized spacial score (nSPS) is 16.4. The van der Waals surface area contributed by atoms with Gasteiger partial charge < -0.3 is 11.1 Å². The van der Waals surface area contributed by atoms with Crippen molar-refractivity contribution in [3.63, 3.8) is 0 Å². The third kappa shape index (κ3) is 3.89. The highest BCUT2D eigenvalue weighted by Crippen LogP contribution is 2.10. The number of carbonyl (C=O) groups is 1. The first kappa shape index (κ1) is 13.2. The lowest BCUT2D eigenvalue weighted by Gasteiger charge is -2.26. The quantitative estimate of drug-likeness (QED) is 0.818. The number of pyridine rings is 1. The Morgan fingerprint density at radius 2 is 2.28 bits per heavy atom. The van der Waals surface area contributed by atoms with E-state index in [4.69, 9.17) is 5.73 Å². The summed E-state index contributed by atoms with van der Waals surface area (Å²) in [5.41, 5.74) is 6.38. The van der Waals surface area contributed by atoms with E-state index >= 15 is 0 Å². The summed E-state index contributed by atoms with van der Waals surface area (Å²) in [5.74, 6) is 1.95. The number of nitrogens with zero attached hydrogens (tertiary/aromatic N) is 2. The predicted octanol–water partition coefficient (Wildman–Crippen LogP) is 0.641. The second kappa shape index (κ2) is 6.61. The Bertz CT molecular complexity index is 407. The molecule has 2 heterocycles. The molecule has 18 heavy (non-hydrogen) atoms. The molecular formula is C12H18N4OS. The van der Waals surface area contributed by atoms with Gasteiger partial charge >= 0.3 is 0 Å². The number of nitrogens with two attached hydrogens (primary N) is 1. The van der Waals surface area contributed by atoms with Crippen LogP contribution >= 0.6 is 11.8 Å². The van der Waals surface area contributed by atoms with Crippen LogP contribution in [0.5, 0.6) is 0 Å². The first-order valence-corrected chi connectivity index (χ1v) is 7.21. The number of aromatic nitrogens is 1. The van der Waals surface area contributed by atoms with Gasteiger partial charge in [-0.1, -0.05) is 0 Å². The van der Waals surface area contributed by atoms with E-state index in [2.05, 4.69) is 15.2 Å². The zero-order valence-electron chi connectivity index (χ0n) is 10.3. The Hall–Kier alpha value is -1.27. The van der Waals surface area contributed by atoms with Gasteiger partial charge in [0.05, 0.1) is 0 Å². The van der Waals surface area contributed by atoms with Gasteiger partial charge in [0.25, 0.3) is 5.91 Å². The maximum Gasteiger partial charge on any atom is 0.267 e. The molecule has 1 amide bonds. The largest absolute Gasteiger partial charge is 0.384 e. The molecule has 1 aliphatic heterocycles. The Kier molecular flexibility index (Phi) is 4.83. The van der Waals surface area contributed by atoms with Crippen molar-refractivity contribution in [2.75, 3.05) is 43.0 Å². The van der Waals surface area contributed by atoms with Gasteiger partial charge in [-0.2, -0.15) is 11.8 Å². The minimum Gasteiger partial charge on any atom is -0.384 e. The van der Waals surface area contributed by atoms with E-state index in [1.165, 1.54) is 11.5 Å². The highest BCUT2D eigenvalue weighted by Gasteiger charge is 2.09. The van der Waals surface area contributed by atoms with Gasteiger partial charge in [0.1, 0.15) is 5.69 Å². The SMILES string of the molecule is NC(=O)c1cc(NCCN2CCSCC2)ccn1. The second-order valence-corrected chi connectivity index (χ2v) is 5.40. The molecule has 5 nitrogen and oxygen atoms in total. The fraction of sp³-hybridized carbons (Fsp3) is 0.500. The van der Waals surface area contributed by atoms with Crippen LogP contribution in [-0.2, 0) is 0 Å². The number of rotatable bonds is 5. The van der Waals surface area contributed by atoms with Crippen LogP contribution in [0.3, 0.4) is 0 Å². The van der Waals surface area contributed by atoms with Crippen LogP contribution in [0.2, 0.25) is 0 Å². The Morgan fingerprint density at radius 1 is 1.50 bits per heavy atom. The van der Waals surface area contributed by atoms with Crippen LogP contribution in [0.25, 0.3) is 0 Å². The van der Waals surface area contributed by atoms with Crippen molar-refractivity contribution in [1.29, 1.82) is 0 Å². The summed E-state index contributed by atoms with van der Waals surface area (Å²) in [6, 6.07) is 3.53. The van der Waals surface area contributed by atoms with Crippen LogP contribution in [0.4, 0.5) is 5.69 Å². The highest BCUT2D eigenvalue weighted by molar-refractivity contribution is 7.99. The molecule has 1 fully saturated rings. The number of hydrogen-bond donors (Lipinski definition) is 2. The molecule has 0 atom stereocenters. The molecule has 3 N–H and O–H groups in total. The van der Waals surface area contributed by atoms with Gasteiger partial charge in [-0.25, -0.2) is 0 Å². The molecule has 6 heteroatoms. The zero-order chi connectivity index (χ0) is 12.8. The summed E-state index contributed by atoms with van der Waals surface area (Å²) in [4.78, 5) is 17.3. The summed E-state index contributed by atoms with van der Waals surface area (Å²) >= 11 is 2.01. The fourth-order valence-electron chi connectivity index (χ4n) is 1.86. The number of anilines is 1. The highest BCUT2D eigenvalue weighted by atomic mass is 32.2. The lowest BCUT2D eigenvalue weighted by molar-refractivity contribution is 0.0995. The minimum atomic E-state index is -0.494. The van der Waals surface area contributed by atoms with Crippen molar-refractivity contribution in [2.45, 2.75) is 0 Å². The number of thioether (sulfide) groups is 1. The van der Waals surface area contributed by atoms with Gasteiger partial charge in [0.15, 0.2) is 0 Å². The summed E-state index contributed by atoms with van der Waals surface area (Å²) < 4.78 is 0. The summed E-state index contributed by atoms with van der Waals surface area (Å²) in [5, 5.41) is 3.29. The molecule has 0 bridgehead atoms. The molecular weight excluding hydrogens is 248 g/mol. The average molecular weight is 266 g/mol. The monoisotopic (exact) mass is 266 g/mol. The number of nitrogens with one attached hydrogen (secondary N) is 1. The van der Waals surface area contributed by atoms with Crippen LogP contribution < -0.4 is 11.1 Å². The number of carbonyl (C=O) groups excluding carboxylic acids is 1. The maximum absolute atomic E-state index is 11.0. The number of amides is 1. The van der Waals surface area contributed by atoms with Crippen LogP contribution in [0, 0.1) is 0 Å². The van der Waals surface area contributed by atoms with Crippen molar-refractivity contribution in [2.24, 2.45) is 5.73 Å². The van der Waals surface area contributed by atoms with Crippen molar-refractivity contribution < 1.29 is 4.79 Å². The molecule has 0 radical (unpaired) electrons. The van der Waals surface area contributed by atoms with Gasteiger partial charge in [0.2, 0.25) is 0 Å². The zero-order valence-corrected chi connectivity index (χ0v) is 11.1. The third-order valence-electron chi connectivity index (χ3n) is 2.87. The molecule has 1 aromatic rings. The Morgan fingerprint density at radius 3 is 3.00 bits per heavy atom. The van der Waals surface area contributed by atoms with E-state index in [1.54, 1.807) is 12.3 Å². The molecule has 1 aliphatic rings. The van der Waals surface area contributed by atoms with E-state index in [1.807, 2.05) is 17.8 Å². The smallest absolute Gasteiger partial charge is 0.267 e. The van der Waals surface area contributed by atoms with Crippen LogP contribution in [0.1, 0.15) is 10.5 Å². The fourth-order valence-corrected chi connectivity index (χ4v) is 2.84. The molecule has 2 rings (SSSR count). The van der Waals surface area contributed by atoms with Crippen molar-refractivity contribution >= 4 is 23.4 Å². The van der Waals surface area contributed by atoms with Gasteiger partial charge in [-0.05, 0) is 12.1 Å². The van der Waals surface area contributed by atoms with Crippen molar-refractivity contribution in [3.05, 3.63) is 24.0 Å². The maximum atomic E-state index is 11.0. The topological polar surface area (TPSA) is 71.2 Å². The summed E-state index contributed by atoms with van der Waals surface area (Å²) in [6.45, 7) is 4.21. The average Bonchev–Trinajstić information content (AvgIpc) is 2.40. The molecule has 1 saturated heterocycles. The minimum absolute atomic E-state index is 0.300. The van der Waals surface area contributed by atoms with E-state index in [0.29, 0.717) is 5.69 Å². The van der Waals surface area contributed by atoms with Crippen LogP contribution in [0.15, 0.2) is 18.3 Å². The number of hydrogen-bond acceptors (Lipinski definition) is 5. The predicted molar refractivity (Wildman–Crippen MR) is 75.0 cm³/mol. The van der Waals surface area contributed by atoms with E-state index in [-0.39, 0.29) is 0 Å². The molecule has 1 aromatic heterocycles. The Balaban J connectivity index is 1.78. The Labute approximate surface area is 111 Å². The standard InChI is InChI=1S/C12H18N4OS/c13-12(17)11-9-10(1-2-15-11)14-3-4-16-5-7-18-8-6-16/h1-2,9H,3-8H2,(H2,13,17)(H,14,15). The van der Waals surface area contributed by atoms with Gasteiger partial charge in [0, 0.05) is 49.6 Å². The summed E-state index contributed by atoms with van der Waals surface area (Å²) in [7, 11) is 0. The molecule has 0 spiro atoms. The first-order valence-electron chi connectivity index (χ1n) is 6.05. The van der Waals surface area contributed by atoms with Gasteiger partial charge in [-0.3, -0.25) is 14.7 Å². The third-order valence-corrected chi connectivity index (χ3v) is 3.82. The van der Waals surface area contributed by atoms with Crippen molar-refractivity contribution in [1.82, 2.24) is 9.88 Å². The van der Waals surface area contributed by atoms with E-state index in [9.17, 15) is 4.79 Å². The molecule has 0 unspecified atom stereocenters. The summed E-state index contributed by atoms with van der Waals surface area (Å²) in [6.07, 6.45) is 1.60. The van der Waals surface area contributed by atoms with Gasteiger partial charge in [-0.15, -0.1) is 0 Å². The molecule has 98 valence electrons. The van der Waals surface area contributed by atoms with Crippen LogP contribution in [-0.4, -0.2) is 53.5 Å². The van der Waals surface area contributed by atoms with Crippen molar-refractivity contribution in [3.8, 4) is 0 Å². The number of primary amides is 1.